The molecule has 0 spiro atoms. The standard InChI is InChI=1S/C15H14N2O5/c1-21-12-4-3-5-13(22-2)14(12)15(18)16-10-6-8-11(9-7-10)17(19)20/h3-9H,1-2H3,(H,16,18). The summed E-state index contributed by atoms with van der Waals surface area (Å²) in [7, 11) is 2.91. The van der Waals surface area contributed by atoms with Crippen LogP contribution in [-0.4, -0.2) is 25.1 Å². The van der Waals surface area contributed by atoms with Crippen molar-refractivity contribution in [2.45, 2.75) is 0 Å². The third-order valence-electron chi connectivity index (χ3n) is 2.99. The molecule has 7 heteroatoms. The van der Waals surface area contributed by atoms with Crippen molar-refractivity contribution in [3.63, 3.8) is 0 Å². The second-order valence-electron chi connectivity index (χ2n) is 4.30. The van der Waals surface area contributed by atoms with Gasteiger partial charge in [-0.15, -0.1) is 0 Å². The molecule has 0 aliphatic heterocycles. The number of nitrogens with zero attached hydrogens (tertiary/aromatic N) is 1. The third-order valence-corrected chi connectivity index (χ3v) is 2.99. The first kappa shape index (κ1) is 15.3. The normalized spacial score (nSPS) is 9.91. The van der Waals surface area contributed by atoms with Crippen LogP contribution in [0.5, 0.6) is 11.5 Å². The monoisotopic (exact) mass is 302 g/mol. The van der Waals surface area contributed by atoms with Gasteiger partial charge in [0.05, 0.1) is 19.1 Å². The van der Waals surface area contributed by atoms with E-state index in [1.54, 1.807) is 18.2 Å². The van der Waals surface area contributed by atoms with Crippen molar-refractivity contribution < 1.29 is 19.2 Å². The van der Waals surface area contributed by atoms with Crippen LogP contribution < -0.4 is 14.8 Å². The number of nitro benzene ring substituents is 1. The number of amides is 1. The molecular weight excluding hydrogens is 288 g/mol. The van der Waals surface area contributed by atoms with E-state index in [-0.39, 0.29) is 11.3 Å². The number of ether oxygens (including phenoxy) is 2. The molecule has 0 unspecified atom stereocenters. The Morgan fingerprint density at radius 2 is 1.59 bits per heavy atom. The number of anilines is 1. The third kappa shape index (κ3) is 3.14. The van der Waals surface area contributed by atoms with Gasteiger partial charge in [0, 0.05) is 17.8 Å². The zero-order chi connectivity index (χ0) is 16.1. The molecule has 2 aromatic carbocycles. The first-order chi connectivity index (χ1) is 10.6. The molecule has 0 saturated carbocycles. The molecule has 0 bridgehead atoms. The van der Waals surface area contributed by atoms with Gasteiger partial charge in [-0.1, -0.05) is 6.07 Å². The number of methoxy groups -OCH3 is 2. The molecule has 1 N–H and O–H groups in total. The summed E-state index contributed by atoms with van der Waals surface area (Å²) in [6.07, 6.45) is 0. The van der Waals surface area contributed by atoms with Gasteiger partial charge >= 0.3 is 0 Å². The average Bonchev–Trinajstić information content (AvgIpc) is 2.54. The summed E-state index contributed by atoms with van der Waals surface area (Å²) >= 11 is 0. The van der Waals surface area contributed by atoms with Crippen LogP contribution in [0.3, 0.4) is 0 Å². The topological polar surface area (TPSA) is 90.7 Å². The van der Waals surface area contributed by atoms with E-state index in [0.717, 1.165) is 0 Å². The van der Waals surface area contributed by atoms with E-state index < -0.39 is 10.8 Å². The number of hydrogen-bond acceptors (Lipinski definition) is 5. The lowest BCUT2D eigenvalue weighted by atomic mass is 10.1. The Morgan fingerprint density at radius 3 is 2.05 bits per heavy atom. The summed E-state index contributed by atoms with van der Waals surface area (Å²) in [4.78, 5) is 22.5. The molecule has 0 saturated heterocycles. The fourth-order valence-electron chi connectivity index (χ4n) is 1.94. The van der Waals surface area contributed by atoms with E-state index in [9.17, 15) is 14.9 Å². The SMILES string of the molecule is COc1cccc(OC)c1C(=O)Nc1ccc([N+](=O)[O-])cc1. The van der Waals surface area contributed by atoms with Gasteiger partial charge in [-0.25, -0.2) is 0 Å². The van der Waals surface area contributed by atoms with Crippen LogP contribution >= 0.6 is 0 Å². The number of non-ortho nitro benzene ring substituents is 1. The molecule has 0 fully saturated rings. The second kappa shape index (κ2) is 6.57. The van der Waals surface area contributed by atoms with Crippen LogP contribution in [0.15, 0.2) is 42.5 Å². The van der Waals surface area contributed by atoms with Gasteiger partial charge in [-0.3, -0.25) is 14.9 Å². The van der Waals surface area contributed by atoms with Crippen LogP contribution in [0.1, 0.15) is 10.4 Å². The lowest BCUT2D eigenvalue weighted by Crippen LogP contribution is -2.14. The first-order valence-electron chi connectivity index (χ1n) is 6.33. The summed E-state index contributed by atoms with van der Waals surface area (Å²) in [6, 6.07) is 10.5. The fraction of sp³-hybridized carbons (Fsp3) is 0.133. The summed E-state index contributed by atoms with van der Waals surface area (Å²) in [5.74, 6) is 0.320. The summed E-state index contributed by atoms with van der Waals surface area (Å²) in [6.45, 7) is 0. The highest BCUT2D eigenvalue weighted by Crippen LogP contribution is 2.29. The quantitative estimate of drug-likeness (QED) is 0.677. The van der Waals surface area contributed by atoms with Crippen LogP contribution in [0.4, 0.5) is 11.4 Å². The molecule has 0 aliphatic rings. The van der Waals surface area contributed by atoms with Gasteiger partial charge in [0.1, 0.15) is 17.1 Å². The molecule has 0 aromatic heterocycles. The fourth-order valence-corrected chi connectivity index (χ4v) is 1.94. The lowest BCUT2D eigenvalue weighted by Gasteiger charge is -2.12. The Hall–Kier alpha value is -3.09. The molecular formula is C15H14N2O5. The maximum absolute atomic E-state index is 12.4. The van der Waals surface area contributed by atoms with E-state index >= 15 is 0 Å². The molecule has 2 aromatic rings. The first-order valence-corrected chi connectivity index (χ1v) is 6.33. The van der Waals surface area contributed by atoms with E-state index in [1.165, 1.54) is 38.5 Å². The van der Waals surface area contributed by atoms with Gasteiger partial charge in [0.25, 0.3) is 11.6 Å². The van der Waals surface area contributed by atoms with Gasteiger partial charge in [0.2, 0.25) is 0 Å². The highest BCUT2D eigenvalue weighted by atomic mass is 16.6. The largest absolute Gasteiger partial charge is 0.496 e. The van der Waals surface area contributed by atoms with Gasteiger partial charge in [0.15, 0.2) is 0 Å². The molecule has 2 rings (SSSR count). The summed E-state index contributed by atoms with van der Waals surface area (Å²) in [5.41, 5.74) is 0.641. The maximum atomic E-state index is 12.4. The predicted octanol–water partition coefficient (Wildman–Crippen LogP) is 2.86. The minimum atomic E-state index is -0.505. The van der Waals surface area contributed by atoms with Crippen molar-refractivity contribution in [3.8, 4) is 11.5 Å². The molecule has 0 heterocycles. The van der Waals surface area contributed by atoms with Crippen LogP contribution in [-0.2, 0) is 0 Å². The van der Waals surface area contributed by atoms with Gasteiger partial charge in [-0.05, 0) is 24.3 Å². The molecule has 0 radical (unpaired) electrons. The van der Waals surface area contributed by atoms with Crippen molar-refractivity contribution in [3.05, 3.63) is 58.1 Å². The van der Waals surface area contributed by atoms with Crippen LogP contribution in [0.2, 0.25) is 0 Å². The van der Waals surface area contributed by atoms with Gasteiger partial charge in [-0.2, -0.15) is 0 Å². The molecule has 1 amide bonds. The maximum Gasteiger partial charge on any atom is 0.269 e. The zero-order valence-corrected chi connectivity index (χ0v) is 12.0. The highest BCUT2D eigenvalue weighted by molar-refractivity contribution is 6.08. The number of nitro groups is 1. The van der Waals surface area contributed by atoms with E-state index in [0.29, 0.717) is 17.2 Å². The van der Waals surface area contributed by atoms with Gasteiger partial charge < -0.3 is 14.8 Å². The van der Waals surface area contributed by atoms with Crippen LogP contribution in [0, 0.1) is 10.1 Å². The Balaban J connectivity index is 2.27. The molecule has 114 valence electrons. The number of benzene rings is 2. The Labute approximate surface area is 126 Å². The van der Waals surface area contributed by atoms with Crippen molar-refractivity contribution in [1.82, 2.24) is 0 Å². The van der Waals surface area contributed by atoms with Crippen molar-refractivity contribution in [1.29, 1.82) is 0 Å². The summed E-state index contributed by atoms with van der Waals surface area (Å²) < 4.78 is 10.3. The Bertz CT molecular complexity index is 675. The smallest absolute Gasteiger partial charge is 0.269 e. The zero-order valence-electron chi connectivity index (χ0n) is 12.0. The molecule has 7 nitrogen and oxygen atoms in total. The predicted molar refractivity (Wildman–Crippen MR) is 80.6 cm³/mol. The minimum Gasteiger partial charge on any atom is -0.496 e. The average molecular weight is 302 g/mol. The minimum absolute atomic E-state index is 0.0483. The second-order valence-corrected chi connectivity index (χ2v) is 4.30. The highest BCUT2D eigenvalue weighted by Gasteiger charge is 2.18. The van der Waals surface area contributed by atoms with E-state index in [4.69, 9.17) is 9.47 Å². The number of rotatable bonds is 5. The van der Waals surface area contributed by atoms with Crippen LogP contribution in [0.25, 0.3) is 0 Å². The van der Waals surface area contributed by atoms with Crippen molar-refractivity contribution in [2.75, 3.05) is 19.5 Å². The molecule has 0 atom stereocenters. The number of carbonyl (C=O) groups is 1. The molecule has 22 heavy (non-hydrogen) atoms. The number of hydrogen-bond donors (Lipinski definition) is 1. The summed E-state index contributed by atoms with van der Waals surface area (Å²) in [5, 5.41) is 13.3. The van der Waals surface area contributed by atoms with Crippen molar-refractivity contribution >= 4 is 17.3 Å². The number of carbonyl (C=O) groups excluding carboxylic acids is 1. The lowest BCUT2D eigenvalue weighted by molar-refractivity contribution is -0.384. The van der Waals surface area contributed by atoms with E-state index in [2.05, 4.69) is 5.32 Å². The Kier molecular flexibility index (Phi) is 4.57. The number of nitrogens with one attached hydrogen (secondary N) is 1. The van der Waals surface area contributed by atoms with Crippen molar-refractivity contribution in [2.24, 2.45) is 0 Å². The van der Waals surface area contributed by atoms with E-state index in [1.807, 2.05) is 0 Å². The Morgan fingerprint density at radius 1 is 1.05 bits per heavy atom. The molecule has 0 aliphatic carbocycles.